The van der Waals surface area contributed by atoms with Crippen molar-refractivity contribution in [3.05, 3.63) is 17.7 Å². The average molecular weight is 220 g/mol. The molecule has 0 fully saturated rings. The summed E-state index contributed by atoms with van der Waals surface area (Å²) in [5.41, 5.74) is 1.59. The summed E-state index contributed by atoms with van der Waals surface area (Å²) >= 11 is 0. The van der Waals surface area contributed by atoms with Gasteiger partial charge in [0.1, 0.15) is 5.54 Å². The third-order valence-electron chi connectivity index (χ3n) is 2.69. The Bertz CT molecular complexity index is 400. The molecule has 1 atom stereocenters. The minimum atomic E-state index is -0.550. The van der Waals surface area contributed by atoms with Gasteiger partial charge in [-0.15, -0.1) is 0 Å². The summed E-state index contributed by atoms with van der Waals surface area (Å²) in [6.45, 7) is 10.6. The number of nitrogens with one attached hydrogen (secondary N) is 1. The van der Waals surface area contributed by atoms with Crippen LogP contribution in [0.3, 0.4) is 0 Å². The lowest BCUT2D eigenvalue weighted by atomic mass is 10.0. The van der Waals surface area contributed by atoms with Crippen LogP contribution in [0, 0.1) is 25.2 Å². The van der Waals surface area contributed by atoms with Crippen molar-refractivity contribution in [3.8, 4) is 6.07 Å². The minimum Gasteiger partial charge on any atom is -0.332 e. The molecule has 0 amide bonds. The number of aryl methyl sites for hydroxylation is 1. The lowest BCUT2D eigenvalue weighted by Gasteiger charge is -2.26. The van der Waals surface area contributed by atoms with Crippen molar-refractivity contribution in [1.29, 1.82) is 5.26 Å². The third-order valence-corrected chi connectivity index (χ3v) is 2.69. The molecule has 0 aliphatic carbocycles. The van der Waals surface area contributed by atoms with Crippen molar-refractivity contribution >= 4 is 0 Å². The van der Waals surface area contributed by atoms with Gasteiger partial charge in [0.25, 0.3) is 0 Å². The van der Waals surface area contributed by atoms with Crippen molar-refractivity contribution in [1.82, 2.24) is 14.9 Å². The van der Waals surface area contributed by atoms with E-state index in [-0.39, 0.29) is 6.04 Å². The fourth-order valence-corrected chi connectivity index (χ4v) is 1.79. The summed E-state index contributed by atoms with van der Waals surface area (Å²) in [5, 5.41) is 12.5. The number of hydrogen-bond donors (Lipinski definition) is 1. The summed E-state index contributed by atoms with van der Waals surface area (Å²) in [7, 11) is 0. The molecule has 0 radical (unpaired) electrons. The maximum atomic E-state index is 9.25. The van der Waals surface area contributed by atoms with Crippen molar-refractivity contribution < 1.29 is 0 Å². The Morgan fingerprint density at radius 2 is 2.19 bits per heavy atom. The van der Waals surface area contributed by atoms with E-state index >= 15 is 0 Å². The molecule has 1 N–H and O–H groups in total. The van der Waals surface area contributed by atoms with Gasteiger partial charge in [-0.25, -0.2) is 4.98 Å². The molecule has 0 saturated heterocycles. The summed E-state index contributed by atoms with van der Waals surface area (Å²) in [5.74, 6) is 0. The van der Waals surface area contributed by atoms with Crippen LogP contribution in [0.1, 0.15) is 32.2 Å². The molecule has 1 rings (SSSR count). The SMILES string of the molecule is Cc1ncn(CC(C)(C#N)NC(C)C)c1C. The molecule has 4 heteroatoms. The maximum Gasteiger partial charge on any atom is 0.122 e. The Labute approximate surface area is 97.3 Å². The third kappa shape index (κ3) is 2.83. The van der Waals surface area contributed by atoms with Crippen LogP contribution < -0.4 is 5.32 Å². The van der Waals surface area contributed by atoms with Gasteiger partial charge in [0.05, 0.1) is 24.6 Å². The van der Waals surface area contributed by atoms with Gasteiger partial charge in [-0.3, -0.25) is 5.32 Å². The van der Waals surface area contributed by atoms with Crippen LogP contribution in [0.2, 0.25) is 0 Å². The standard InChI is InChI=1S/C12H20N4/c1-9(2)15-12(5,6-13)7-16-8-14-10(3)11(16)4/h8-9,15H,7H2,1-5H3. The zero-order chi connectivity index (χ0) is 12.3. The second-order valence-electron chi connectivity index (χ2n) is 4.79. The molecule has 1 aromatic rings. The van der Waals surface area contributed by atoms with Crippen molar-refractivity contribution in [2.45, 2.75) is 52.7 Å². The van der Waals surface area contributed by atoms with Crippen LogP contribution in [-0.2, 0) is 6.54 Å². The van der Waals surface area contributed by atoms with Crippen LogP contribution in [0.4, 0.5) is 0 Å². The van der Waals surface area contributed by atoms with Gasteiger partial charge >= 0.3 is 0 Å². The number of hydrogen-bond acceptors (Lipinski definition) is 3. The molecule has 0 aliphatic heterocycles. The first-order valence-electron chi connectivity index (χ1n) is 5.55. The van der Waals surface area contributed by atoms with Crippen LogP contribution in [-0.4, -0.2) is 21.1 Å². The molecule has 1 heterocycles. The minimum absolute atomic E-state index is 0.287. The van der Waals surface area contributed by atoms with Crippen LogP contribution in [0.25, 0.3) is 0 Å². The maximum absolute atomic E-state index is 9.25. The molecule has 1 unspecified atom stereocenters. The molecule has 16 heavy (non-hydrogen) atoms. The molecular formula is C12H20N4. The molecule has 0 bridgehead atoms. The molecule has 0 aromatic carbocycles. The van der Waals surface area contributed by atoms with Gasteiger partial charge in [0.2, 0.25) is 0 Å². The highest BCUT2D eigenvalue weighted by molar-refractivity contribution is 5.12. The van der Waals surface area contributed by atoms with Gasteiger partial charge in [-0.1, -0.05) is 0 Å². The van der Waals surface area contributed by atoms with E-state index in [4.69, 9.17) is 0 Å². The average Bonchev–Trinajstić information content (AvgIpc) is 2.48. The van der Waals surface area contributed by atoms with Crippen LogP contribution in [0.5, 0.6) is 0 Å². The molecule has 0 aliphatic rings. The molecule has 1 aromatic heterocycles. The van der Waals surface area contributed by atoms with E-state index in [0.717, 1.165) is 11.4 Å². The number of imidazole rings is 1. The smallest absolute Gasteiger partial charge is 0.122 e. The van der Waals surface area contributed by atoms with Gasteiger partial charge in [-0.2, -0.15) is 5.26 Å². The van der Waals surface area contributed by atoms with E-state index in [0.29, 0.717) is 6.54 Å². The lowest BCUT2D eigenvalue weighted by molar-refractivity contribution is 0.355. The molecule has 0 spiro atoms. The van der Waals surface area contributed by atoms with E-state index in [1.54, 1.807) is 6.33 Å². The lowest BCUT2D eigenvalue weighted by Crippen LogP contribution is -2.48. The van der Waals surface area contributed by atoms with Crippen molar-refractivity contribution in [2.24, 2.45) is 0 Å². The zero-order valence-electron chi connectivity index (χ0n) is 10.7. The fraction of sp³-hybridized carbons (Fsp3) is 0.667. The highest BCUT2D eigenvalue weighted by Gasteiger charge is 2.25. The zero-order valence-corrected chi connectivity index (χ0v) is 10.7. The van der Waals surface area contributed by atoms with Crippen molar-refractivity contribution in [2.75, 3.05) is 0 Å². The summed E-state index contributed by atoms with van der Waals surface area (Å²) < 4.78 is 2.02. The number of nitriles is 1. The van der Waals surface area contributed by atoms with Gasteiger partial charge in [-0.05, 0) is 34.6 Å². The number of rotatable bonds is 4. The Balaban J connectivity index is 2.86. The highest BCUT2D eigenvalue weighted by atomic mass is 15.1. The largest absolute Gasteiger partial charge is 0.332 e. The van der Waals surface area contributed by atoms with E-state index in [9.17, 15) is 5.26 Å². The predicted octanol–water partition coefficient (Wildman–Crippen LogP) is 1.78. The van der Waals surface area contributed by atoms with E-state index < -0.39 is 5.54 Å². The second-order valence-corrected chi connectivity index (χ2v) is 4.79. The highest BCUT2D eigenvalue weighted by Crippen LogP contribution is 2.12. The summed E-state index contributed by atoms with van der Waals surface area (Å²) in [4.78, 5) is 4.24. The molecule has 4 nitrogen and oxygen atoms in total. The first-order valence-corrected chi connectivity index (χ1v) is 5.55. The molecule has 0 saturated carbocycles. The molecule has 88 valence electrons. The van der Waals surface area contributed by atoms with E-state index in [1.807, 2.05) is 39.2 Å². The Hall–Kier alpha value is -1.34. The van der Waals surface area contributed by atoms with Gasteiger partial charge in [0.15, 0.2) is 0 Å². The Morgan fingerprint density at radius 3 is 2.56 bits per heavy atom. The predicted molar refractivity (Wildman–Crippen MR) is 64.0 cm³/mol. The fourth-order valence-electron chi connectivity index (χ4n) is 1.79. The van der Waals surface area contributed by atoms with E-state index in [1.165, 1.54) is 0 Å². The summed E-state index contributed by atoms with van der Waals surface area (Å²) in [6, 6.07) is 2.62. The quantitative estimate of drug-likeness (QED) is 0.841. The van der Waals surface area contributed by atoms with Crippen LogP contribution >= 0.6 is 0 Å². The molecular weight excluding hydrogens is 200 g/mol. The Kier molecular flexibility index (Phi) is 3.71. The van der Waals surface area contributed by atoms with Gasteiger partial charge < -0.3 is 4.57 Å². The Morgan fingerprint density at radius 1 is 1.56 bits per heavy atom. The normalized spacial score (nSPS) is 14.8. The first kappa shape index (κ1) is 12.7. The van der Waals surface area contributed by atoms with Crippen molar-refractivity contribution in [3.63, 3.8) is 0 Å². The topological polar surface area (TPSA) is 53.6 Å². The van der Waals surface area contributed by atoms with Crippen LogP contribution in [0.15, 0.2) is 6.33 Å². The van der Waals surface area contributed by atoms with Gasteiger partial charge in [0, 0.05) is 11.7 Å². The monoisotopic (exact) mass is 220 g/mol. The summed E-state index contributed by atoms with van der Waals surface area (Å²) in [6.07, 6.45) is 1.79. The number of nitrogens with zero attached hydrogens (tertiary/aromatic N) is 3. The van der Waals surface area contributed by atoms with E-state index in [2.05, 4.69) is 16.4 Å². The first-order chi connectivity index (χ1) is 7.38. The second kappa shape index (κ2) is 4.67. The number of aromatic nitrogens is 2.